The first-order valence-electron chi connectivity index (χ1n) is 14.8. The number of ether oxygens (including phenoxy) is 1. The molecule has 0 radical (unpaired) electrons. The van der Waals surface area contributed by atoms with Crippen molar-refractivity contribution in [1.82, 2.24) is 0 Å². The summed E-state index contributed by atoms with van der Waals surface area (Å²) in [5, 5.41) is 3.80. The van der Waals surface area contributed by atoms with Gasteiger partial charge in [-0.2, -0.15) is 0 Å². The van der Waals surface area contributed by atoms with Gasteiger partial charge in [0, 0.05) is 16.1 Å². The lowest BCUT2D eigenvalue weighted by molar-refractivity contribution is -0.147. The fourth-order valence-corrected chi connectivity index (χ4v) is 11.2. The average molecular weight is 609 g/mol. The largest absolute Gasteiger partial charge is 0.453 e. The van der Waals surface area contributed by atoms with Gasteiger partial charge in [0.25, 0.3) is 0 Å². The van der Waals surface area contributed by atoms with Gasteiger partial charge in [-0.3, -0.25) is 4.79 Å². The van der Waals surface area contributed by atoms with Gasteiger partial charge in [-0.15, -0.1) is 0 Å². The van der Waals surface area contributed by atoms with Crippen LogP contribution in [0.5, 0.6) is 0 Å². The van der Waals surface area contributed by atoms with E-state index in [2.05, 4.69) is 143 Å². The predicted molar refractivity (Wildman–Crippen MR) is 190 cm³/mol. The van der Waals surface area contributed by atoms with E-state index in [9.17, 15) is 4.79 Å². The van der Waals surface area contributed by atoms with Gasteiger partial charge in [0.2, 0.25) is 0 Å². The number of carbonyl (C=O) groups excluding carboxylic acids is 1. The molecule has 4 rings (SSSR count). The van der Waals surface area contributed by atoms with E-state index in [0.29, 0.717) is 0 Å². The van der Waals surface area contributed by atoms with Crippen molar-refractivity contribution in [2.24, 2.45) is 5.92 Å². The van der Waals surface area contributed by atoms with E-state index < -0.39 is 36.1 Å². The maximum absolute atomic E-state index is 14.0. The molecule has 0 bridgehead atoms. The Morgan fingerprint density at radius 1 is 0.762 bits per heavy atom. The van der Waals surface area contributed by atoms with Crippen molar-refractivity contribution in [1.29, 1.82) is 0 Å². The molecule has 0 aliphatic heterocycles. The Balaban J connectivity index is 1.69. The van der Waals surface area contributed by atoms with Crippen molar-refractivity contribution in [3.8, 4) is 0 Å². The summed E-state index contributed by atoms with van der Waals surface area (Å²) in [6.45, 7) is 22.8. The monoisotopic (exact) mass is 608 g/mol. The summed E-state index contributed by atoms with van der Waals surface area (Å²) in [6, 6.07) is 31.7. The summed E-state index contributed by atoms with van der Waals surface area (Å²) in [5.74, 6) is -0.705. The molecular weight excluding hydrogens is 564 g/mol. The van der Waals surface area contributed by atoms with Crippen LogP contribution in [0.15, 0.2) is 127 Å². The molecule has 0 aromatic heterocycles. The summed E-state index contributed by atoms with van der Waals surface area (Å²) in [5.41, 5.74) is 4.05. The summed E-state index contributed by atoms with van der Waals surface area (Å²) >= 11 is 0. The van der Waals surface area contributed by atoms with E-state index >= 15 is 0 Å². The predicted octanol–water partition coefficient (Wildman–Crippen LogP) is 8.71. The van der Waals surface area contributed by atoms with Crippen LogP contribution in [-0.2, 0) is 9.53 Å². The zero-order chi connectivity index (χ0) is 30.5. The number of hydrogen-bond donors (Lipinski definition) is 0. The molecular formula is C37H45O2PSi2. The van der Waals surface area contributed by atoms with E-state index in [4.69, 9.17) is 4.74 Å². The molecule has 2 nitrogen and oxygen atoms in total. The molecule has 42 heavy (non-hydrogen) atoms. The van der Waals surface area contributed by atoms with Crippen LogP contribution in [0.4, 0.5) is 0 Å². The highest BCUT2D eigenvalue weighted by molar-refractivity contribution is 7.80. The molecule has 0 fully saturated rings. The van der Waals surface area contributed by atoms with Crippen molar-refractivity contribution >= 4 is 51.5 Å². The SMILES string of the molecule is C=C(C[Si](C)(C)C)C(OC(=O)C1C=CC=C1c1ccccc1P(c1ccccc1)c1ccccc1)C(=C)C[Si](C)(C)C. The third-order valence-electron chi connectivity index (χ3n) is 7.14. The molecule has 0 spiro atoms. The Kier molecular flexibility index (Phi) is 10.2. The van der Waals surface area contributed by atoms with E-state index in [-0.39, 0.29) is 5.97 Å². The Morgan fingerprint density at radius 3 is 1.74 bits per heavy atom. The van der Waals surface area contributed by atoms with Crippen molar-refractivity contribution < 1.29 is 9.53 Å². The first kappa shape index (κ1) is 31.9. The van der Waals surface area contributed by atoms with Gasteiger partial charge in [0.15, 0.2) is 0 Å². The first-order chi connectivity index (χ1) is 19.8. The van der Waals surface area contributed by atoms with Crippen LogP contribution in [0.1, 0.15) is 5.56 Å². The molecule has 0 amide bonds. The lowest BCUT2D eigenvalue weighted by Gasteiger charge is -2.30. The molecule has 0 N–H and O–H groups in total. The molecule has 1 aliphatic rings. The second-order valence-corrected chi connectivity index (χ2v) is 26.8. The number of benzene rings is 3. The zero-order valence-electron chi connectivity index (χ0n) is 26.1. The summed E-state index contributed by atoms with van der Waals surface area (Å²) < 4.78 is 6.39. The first-order valence-corrected chi connectivity index (χ1v) is 23.5. The zero-order valence-corrected chi connectivity index (χ0v) is 29.0. The van der Waals surface area contributed by atoms with E-state index in [1.54, 1.807) is 0 Å². The molecule has 218 valence electrons. The average Bonchev–Trinajstić information content (AvgIpc) is 3.41. The summed E-state index contributed by atoms with van der Waals surface area (Å²) in [4.78, 5) is 14.0. The lowest BCUT2D eigenvalue weighted by atomic mass is 9.95. The van der Waals surface area contributed by atoms with Gasteiger partial charge in [-0.05, 0) is 58.2 Å². The van der Waals surface area contributed by atoms with E-state index in [0.717, 1.165) is 34.4 Å². The van der Waals surface area contributed by atoms with Crippen LogP contribution in [0, 0.1) is 5.92 Å². The Labute approximate surface area is 256 Å². The maximum Gasteiger partial charge on any atom is 0.318 e. The normalized spacial score (nSPS) is 15.1. The summed E-state index contributed by atoms with van der Waals surface area (Å²) in [6.07, 6.45) is 5.60. The van der Waals surface area contributed by atoms with E-state index in [1.165, 1.54) is 15.9 Å². The van der Waals surface area contributed by atoms with Crippen molar-refractivity contribution in [3.63, 3.8) is 0 Å². The topological polar surface area (TPSA) is 26.3 Å². The smallest absolute Gasteiger partial charge is 0.318 e. The fraction of sp³-hybridized carbons (Fsp3) is 0.270. The Morgan fingerprint density at radius 2 is 1.24 bits per heavy atom. The molecule has 0 saturated carbocycles. The van der Waals surface area contributed by atoms with Crippen molar-refractivity contribution in [2.75, 3.05) is 0 Å². The van der Waals surface area contributed by atoms with Crippen LogP contribution < -0.4 is 15.9 Å². The second-order valence-electron chi connectivity index (χ2n) is 13.6. The molecule has 3 aromatic rings. The minimum Gasteiger partial charge on any atom is -0.453 e. The third-order valence-corrected chi connectivity index (χ3v) is 12.7. The van der Waals surface area contributed by atoms with Crippen LogP contribution in [-0.4, -0.2) is 28.2 Å². The minimum absolute atomic E-state index is 0.230. The standard InChI is InChI=1S/C37H45O2PSi2/c1-28(26-41(3,4)5)36(29(2)27-42(6,7)8)39-37(38)34-24-17-23-32(34)33-22-15-16-25-35(33)40(30-18-11-9-12-19-30)31-20-13-10-14-21-31/h9-25,34,36H,1-2,26-27H2,3-8H3. The van der Waals surface area contributed by atoms with Gasteiger partial charge in [0.05, 0.1) is 0 Å². The highest BCUT2D eigenvalue weighted by Crippen LogP contribution is 2.39. The second kappa shape index (κ2) is 13.5. The van der Waals surface area contributed by atoms with Crippen LogP contribution >= 0.6 is 7.92 Å². The molecule has 1 atom stereocenters. The van der Waals surface area contributed by atoms with Crippen molar-refractivity contribution in [3.05, 3.63) is 133 Å². The van der Waals surface area contributed by atoms with Crippen LogP contribution in [0.3, 0.4) is 0 Å². The molecule has 3 aromatic carbocycles. The molecule has 0 saturated heterocycles. The fourth-order valence-electron chi connectivity index (χ4n) is 5.63. The maximum atomic E-state index is 14.0. The number of esters is 1. The van der Waals surface area contributed by atoms with Gasteiger partial charge < -0.3 is 4.74 Å². The minimum atomic E-state index is -1.46. The number of allylic oxidation sites excluding steroid dienone is 2. The molecule has 1 unspecified atom stereocenters. The van der Waals surface area contributed by atoms with Crippen LogP contribution in [0.25, 0.3) is 5.57 Å². The highest BCUT2D eigenvalue weighted by Gasteiger charge is 2.34. The van der Waals surface area contributed by atoms with Crippen LogP contribution in [0.2, 0.25) is 51.4 Å². The molecule has 0 heterocycles. The lowest BCUT2D eigenvalue weighted by Crippen LogP contribution is -2.33. The third kappa shape index (κ3) is 8.28. The number of rotatable bonds is 12. The van der Waals surface area contributed by atoms with Gasteiger partial charge in [-0.1, -0.05) is 156 Å². The number of hydrogen-bond acceptors (Lipinski definition) is 2. The number of carbonyl (C=O) groups is 1. The van der Waals surface area contributed by atoms with Gasteiger partial charge in [0.1, 0.15) is 12.0 Å². The van der Waals surface area contributed by atoms with Crippen molar-refractivity contribution in [2.45, 2.75) is 57.5 Å². The molecule has 5 heteroatoms. The quantitative estimate of drug-likeness (QED) is 0.0890. The Bertz CT molecular complexity index is 1410. The van der Waals surface area contributed by atoms with E-state index in [1.807, 2.05) is 12.2 Å². The summed E-state index contributed by atoms with van der Waals surface area (Å²) in [7, 11) is -3.76. The molecule has 1 aliphatic carbocycles. The van der Waals surface area contributed by atoms with Gasteiger partial charge in [-0.25, -0.2) is 0 Å². The Hall–Kier alpha value is -3.05. The highest BCUT2D eigenvalue weighted by atomic mass is 31.1. The van der Waals surface area contributed by atoms with Gasteiger partial charge >= 0.3 is 5.97 Å².